The summed E-state index contributed by atoms with van der Waals surface area (Å²) < 4.78 is 2.03. The van der Waals surface area contributed by atoms with Gasteiger partial charge >= 0.3 is 0 Å². The van der Waals surface area contributed by atoms with Crippen LogP contribution in [0, 0.1) is 13.8 Å². The molecule has 1 atom stereocenters. The Bertz CT molecular complexity index is 1040. The normalized spacial score (nSPS) is 16.7. The molecule has 1 aliphatic rings. The van der Waals surface area contributed by atoms with E-state index >= 15 is 0 Å². The Kier molecular flexibility index (Phi) is 4.35. The molecule has 27 heavy (non-hydrogen) atoms. The fourth-order valence-corrected chi connectivity index (χ4v) is 3.64. The number of H-pyrrole nitrogens is 1. The van der Waals surface area contributed by atoms with Crippen molar-refractivity contribution in [3.8, 4) is 11.3 Å². The molecule has 3 aromatic rings. The number of hydrogen-bond acceptors (Lipinski definition) is 4. The molecular weight excluding hydrogens is 342 g/mol. The fourth-order valence-electron chi connectivity index (χ4n) is 3.64. The Morgan fingerprint density at radius 3 is 2.63 bits per heavy atom. The molecule has 1 fully saturated rings. The van der Waals surface area contributed by atoms with E-state index in [-0.39, 0.29) is 17.5 Å². The van der Waals surface area contributed by atoms with Gasteiger partial charge in [0.1, 0.15) is 0 Å². The van der Waals surface area contributed by atoms with Crippen LogP contribution in [-0.2, 0) is 0 Å². The van der Waals surface area contributed by atoms with Crippen molar-refractivity contribution >= 4 is 5.91 Å². The molecular formula is C20H21N5O2. The Hall–Kier alpha value is -3.22. The highest BCUT2D eigenvalue weighted by Crippen LogP contribution is 2.25. The monoisotopic (exact) mass is 363 g/mol. The number of nitrogens with zero attached hydrogens (tertiary/aromatic N) is 4. The van der Waals surface area contributed by atoms with Gasteiger partial charge in [-0.3, -0.25) is 19.3 Å². The second kappa shape index (κ2) is 6.83. The summed E-state index contributed by atoms with van der Waals surface area (Å²) in [4.78, 5) is 32.8. The summed E-state index contributed by atoms with van der Waals surface area (Å²) in [7, 11) is 0. The maximum Gasteiger partial charge on any atom is 0.266 e. The molecule has 0 aliphatic carbocycles. The zero-order valence-corrected chi connectivity index (χ0v) is 15.3. The van der Waals surface area contributed by atoms with E-state index in [1.807, 2.05) is 35.6 Å². The molecule has 7 heteroatoms. The number of aromatic nitrogens is 4. The quantitative estimate of drug-likeness (QED) is 0.774. The van der Waals surface area contributed by atoms with Crippen molar-refractivity contribution in [1.29, 1.82) is 0 Å². The zero-order chi connectivity index (χ0) is 19.0. The van der Waals surface area contributed by atoms with Gasteiger partial charge in [-0.15, -0.1) is 0 Å². The molecule has 138 valence electrons. The third kappa shape index (κ3) is 3.40. The van der Waals surface area contributed by atoms with Crippen molar-refractivity contribution in [2.24, 2.45) is 0 Å². The molecule has 0 saturated carbocycles. The molecule has 1 saturated heterocycles. The maximum atomic E-state index is 12.8. The lowest BCUT2D eigenvalue weighted by atomic mass is 10.1. The molecule has 0 bridgehead atoms. The summed E-state index contributed by atoms with van der Waals surface area (Å²) in [6, 6.07) is 9.52. The van der Waals surface area contributed by atoms with Gasteiger partial charge in [0.25, 0.3) is 11.5 Å². The van der Waals surface area contributed by atoms with Crippen LogP contribution in [0.15, 0.2) is 47.5 Å². The van der Waals surface area contributed by atoms with E-state index in [1.165, 1.54) is 6.20 Å². The number of likely N-dealkylation sites (tertiary alicyclic amines) is 1. The molecule has 3 heterocycles. The number of aryl methyl sites for hydroxylation is 2. The summed E-state index contributed by atoms with van der Waals surface area (Å²) in [5.74, 6) is 0.0188. The van der Waals surface area contributed by atoms with E-state index in [4.69, 9.17) is 0 Å². The number of aromatic amines is 1. The highest BCUT2D eigenvalue weighted by molar-refractivity contribution is 5.94. The average molecular weight is 363 g/mol. The van der Waals surface area contributed by atoms with E-state index in [1.54, 1.807) is 18.3 Å². The molecule has 4 rings (SSSR count). The minimum absolute atomic E-state index is 0.0188. The summed E-state index contributed by atoms with van der Waals surface area (Å²) >= 11 is 0. The van der Waals surface area contributed by atoms with Gasteiger partial charge in [0.05, 0.1) is 29.8 Å². The van der Waals surface area contributed by atoms with Crippen molar-refractivity contribution in [3.63, 3.8) is 0 Å². The Morgan fingerprint density at radius 2 is 1.96 bits per heavy atom. The highest BCUT2D eigenvalue weighted by Gasteiger charge is 2.29. The van der Waals surface area contributed by atoms with E-state index < -0.39 is 0 Å². The molecule has 1 N–H and O–H groups in total. The van der Waals surface area contributed by atoms with E-state index in [0.717, 1.165) is 29.9 Å². The number of hydrogen-bond donors (Lipinski definition) is 1. The van der Waals surface area contributed by atoms with Crippen LogP contribution in [0.4, 0.5) is 0 Å². The minimum atomic E-state index is -0.250. The largest absolute Gasteiger partial charge is 0.336 e. The maximum absolute atomic E-state index is 12.8. The number of nitrogens with one attached hydrogen (secondary N) is 1. The Morgan fingerprint density at radius 1 is 1.19 bits per heavy atom. The van der Waals surface area contributed by atoms with Gasteiger partial charge in [-0.2, -0.15) is 5.10 Å². The van der Waals surface area contributed by atoms with Gasteiger partial charge in [-0.1, -0.05) is 12.1 Å². The van der Waals surface area contributed by atoms with Gasteiger partial charge in [-0.05, 0) is 44.0 Å². The van der Waals surface area contributed by atoms with Crippen LogP contribution in [-0.4, -0.2) is 43.6 Å². The third-order valence-corrected chi connectivity index (χ3v) is 4.94. The second-order valence-corrected chi connectivity index (χ2v) is 6.95. The molecule has 1 aromatic carbocycles. The van der Waals surface area contributed by atoms with Gasteiger partial charge < -0.3 is 9.88 Å². The molecule has 0 spiro atoms. The first kappa shape index (κ1) is 17.2. The summed E-state index contributed by atoms with van der Waals surface area (Å²) in [6.45, 7) is 5.42. The first-order valence-corrected chi connectivity index (χ1v) is 8.98. The van der Waals surface area contributed by atoms with Gasteiger partial charge in [0.15, 0.2) is 0 Å². The van der Waals surface area contributed by atoms with E-state index in [2.05, 4.69) is 21.1 Å². The second-order valence-electron chi connectivity index (χ2n) is 6.95. The van der Waals surface area contributed by atoms with E-state index in [0.29, 0.717) is 17.8 Å². The lowest BCUT2D eigenvalue weighted by Gasteiger charge is -2.17. The molecule has 1 aliphatic heterocycles. The third-order valence-electron chi connectivity index (χ3n) is 4.94. The highest BCUT2D eigenvalue weighted by atomic mass is 16.2. The molecule has 0 radical (unpaired) electrons. The Labute approximate surface area is 156 Å². The smallest absolute Gasteiger partial charge is 0.266 e. The van der Waals surface area contributed by atoms with Gasteiger partial charge in [-0.25, -0.2) is 0 Å². The van der Waals surface area contributed by atoms with Gasteiger partial charge in [0, 0.05) is 24.3 Å². The molecule has 7 nitrogen and oxygen atoms in total. The van der Waals surface area contributed by atoms with Crippen LogP contribution in [0.25, 0.3) is 11.3 Å². The van der Waals surface area contributed by atoms with Crippen LogP contribution in [0.5, 0.6) is 0 Å². The molecule has 1 amide bonds. The number of rotatable bonds is 3. The first-order chi connectivity index (χ1) is 13.0. The molecule has 0 unspecified atom stereocenters. The van der Waals surface area contributed by atoms with Crippen LogP contribution < -0.4 is 5.56 Å². The van der Waals surface area contributed by atoms with Crippen molar-refractivity contribution in [2.45, 2.75) is 26.3 Å². The summed E-state index contributed by atoms with van der Waals surface area (Å²) in [5.41, 5.74) is 3.97. The van der Waals surface area contributed by atoms with Crippen LogP contribution in [0.2, 0.25) is 0 Å². The average Bonchev–Trinajstić information content (AvgIpc) is 3.27. The molecule has 2 aromatic heterocycles. The van der Waals surface area contributed by atoms with Crippen molar-refractivity contribution < 1.29 is 4.79 Å². The van der Waals surface area contributed by atoms with Crippen LogP contribution >= 0.6 is 0 Å². The standard InChI is InChI=1S/C20H21N5O2/c1-13-9-14(2)25(23-13)17-7-8-24(12-17)20(27)16-5-3-15(4-6-16)18-10-21-11-19(26)22-18/h3-6,9-11,17H,7-8,12H2,1-2H3,(H,22,26)/t17-/m1/s1. The predicted molar refractivity (Wildman–Crippen MR) is 102 cm³/mol. The minimum Gasteiger partial charge on any atom is -0.336 e. The van der Waals surface area contributed by atoms with E-state index in [9.17, 15) is 9.59 Å². The fraction of sp³-hybridized carbons (Fsp3) is 0.300. The van der Waals surface area contributed by atoms with Crippen molar-refractivity contribution in [2.75, 3.05) is 13.1 Å². The lowest BCUT2D eigenvalue weighted by molar-refractivity contribution is 0.0787. The number of carbonyl (C=O) groups excluding carboxylic acids is 1. The Balaban J connectivity index is 1.48. The van der Waals surface area contributed by atoms with Crippen LogP contribution in [0.1, 0.15) is 34.2 Å². The van der Waals surface area contributed by atoms with Crippen LogP contribution in [0.3, 0.4) is 0 Å². The van der Waals surface area contributed by atoms with Crippen molar-refractivity contribution in [3.05, 3.63) is 70.0 Å². The number of amides is 1. The van der Waals surface area contributed by atoms with Crippen molar-refractivity contribution in [1.82, 2.24) is 24.6 Å². The summed E-state index contributed by atoms with van der Waals surface area (Å²) in [5, 5.41) is 4.55. The topological polar surface area (TPSA) is 83.9 Å². The van der Waals surface area contributed by atoms with Gasteiger partial charge in [0.2, 0.25) is 0 Å². The summed E-state index contributed by atoms with van der Waals surface area (Å²) in [6.07, 6.45) is 3.73. The number of carbonyl (C=O) groups is 1. The SMILES string of the molecule is Cc1cc(C)n([C@@H]2CCN(C(=O)c3ccc(-c4cncc(=O)[nH]4)cc3)C2)n1. The first-order valence-electron chi connectivity index (χ1n) is 8.98. The predicted octanol–water partition coefficient (Wildman–Crippen LogP) is 2.34. The number of benzene rings is 1. The zero-order valence-electron chi connectivity index (χ0n) is 15.3. The lowest BCUT2D eigenvalue weighted by Crippen LogP contribution is -2.29.